The highest BCUT2D eigenvalue weighted by atomic mass is 15.0. The van der Waals surface area contributed by atoms with Gasteiger partial charge >= 0.3 is 0 Å². The summed E-state index contributed by atoms with van der Waals surface area (Å²) in [6.07, 6.45) is 3.93. The first kappa shape index (κ1) is 12.0. The van der Waals surface area contributed by atoms with E-state index >= 15 is 0 Å². The molecule has 3 nitrogen and oxygen atoms in total. The van der Waals surface area contributed by atoms with Crippen molar-refractivity contribution in [2.75, 3.05) is 5.73 Å². The molecule has 0 atom stereocenters. The van der Waals surface area contributed by atoms with Crippen LogP contribution in [0.3, 0.4) is 0 Å². The van der Waals surface area contributed by atoms with Gasteiger partial charge in [0.05, 0.1) is 5.69 Å². The third-order valence-corrected chi connectivity index (χ3v) is 3.80. The quantitative estimate of drug-likeness (QED) is 0.568. The number of nitrogens with two attached hydrogens (primary N) is 1. The first-order valence-corrected chi connectivity index (χ1v) is 6.95. The fourth-order valence-corrected chi connectivity index (χ4v) is 2.78. The lowest BCUT2D eigenvalue weighted by molar-refractivity contribution is 1.17. The van der Waals surface area contributed by atoms with E-state index in [0.29, 0.717) is 0 Å². The van der Waals surface area contributed by atoms with Crippen molar-refractivity contribution >= 4 is 22.1 Å². The van der Waals surface area contributed by atoms with E-state index in [9.17, 15) is 0 Å². The van der Waals surface area contributed by atoms with Gasteiger partial charge in [-0.1, -0.05) is 36.4 Å². The van der Waals surface area contributed by atoms with Crippen molar-refractivity contribution < 1.29 is 0 Å². The second-order valence-electron chi connectivity index (χ2n) is 5.38. The van der Waals surface area contributed by atoms with Crippen molar-refractivity contribution in [2.45, 2.75) is 6.92 Å². The second-order valence-corrected chi connectivity index (χ2v) is 5.38. The lowest BCUT2D eigenvalue weighted by Gasteiger charge is -2.00. The molecule has 4 aromatic rings. The molecule has 0 bridgehead atoms. The van der Waals surface area contributed by atoms with E-state index in [-0.39, 0.29) is 0 Å². The fraction of sp³-hybridized carbons (Fsp3) is 0.0556. The van der Waals surface area contributed by atoms with E-state index in [1.165, 1.54) is 10.8 Å². The topological polar surface area (TPSA) is 43.3 Å². The van der Waals surface area contributed by atoms with E-state index in [0.717, 1.165) is 28.2 Å². The van der Waals surface area contributed by atoms with Crippen LogP contribution in [0.5, 0.6) is 0 Å². The number of aromatic nitrogens is 2. The van der Waals surface area contributed by atoms with Gasteiger partial charge in [0.2, 0.25) is 0 Å². The minimum absolute atomic E-state index is 0.752. The van der Waals surface area contributed by atoms with Crippen LogP contribution in [0.1, 0.15) is 5.56 Å². The van der Waals surface area contributed by atoms with E-state index in [1.54, 1.807) is 0 Å². The predicted octanol–water partition coefficient (Wildman–Crippen LogP) is 4.05. The van der Waals surface area contributed by atoms with Crippen LogP contribution in [0.15, 0.2) is 60.9 Å². The molecule has 0 fully saturated rings. The van der Waals surface area contributed by atoms with Crippen molar-refractivity contribution in [3.05, 3.63) is 66.5 Å². The highest BCUT2D eigenvalue weighted by molar-refractivity contribution is 5.87. The van der Waals surface area contributed by atoms with E-state index < -0.39 is 0 Å². The van der Waals surface area contributed by atoms with Crippen molar-refractivity contribution in [1.82, 2.24) is 9.38 Å². The predicted molar refractivity (Wildman–Crippen MR) is 87.3 cm³/mol. The van der Waals surface area contributed by atoms with Crippen molar-refractivity contribution in [3.8, 4) is 11.3 Å². The monoisotopic (exact) mass is 273 g/mol. The molecule has 2 aromatic carbocycles. The summed E-state index contributed by atoms with van der Waals surface area (Å²) in [5.41, 5.74) is 10.8. The van der Waals surface area contributed by atoms with Gasteiger partial charge in [0, 0.05) is 23.6 Å². The summed E-state index contributed by atoms with van der Waals surface area (Å²) < 4.78 is 2.00. The number of nitrogen functional groups attached to an aromatic ring is 1. The first-order valence-electron chi connectivity index (χ1n) is 6.95. The number of anilines is 1. The number of hydrogen-bond donors (Lipinski definition) is 1. The lowest BCUT2D eigenvalue weighted by atomic mass is 10.1. The molecule has 3 heteroatoms. The smallest absolute Gasteiger partial charge is 0.140 e. The molecule has 2 N–H and O–H groups in total. The molecule has 0 radical (unpaired) electrons. The molecule has 0 saturated carbocycles. The van der Waals surface area contributed by atoms with Crippen LogP contribution < -0.4 is 5.73 Å². The minimum Gasteiger partial charge on any atom is -0.398 e. The van der Waals surface area contributed by atoms with Crippen LogP contribution in [-0.2, 0) is 0 Å². The maximum absolute atomic E-state index is 5.90. The molecule has 2 heterocycles. The largest absolute Gasteiger partial charge is 0.398 e. The number of rotatable bonds is 1. The summed E-state index contributed by atoms with van der Waals surface area (Å²) in [4.78, 5) is 4.74. The van der Waals surface area contributed by atoms with Gasteiger partial charge in [0.25, 0.3) is 0 Å². The molecule has 102 valence electrons. The Morgan fingerprint density at radius 2 is 1.76 bits per heavy atom. The Morgan fingerprint density at radius 3 is 2.62 bits per heavy atom. The third-order valence-electron chi connectivity index (χ3n) is 3.80. The Morgan fingerprint density at radius 1 is 0.952 bits per heavy atom. The Balaban J connectivity index is 1.93. The van der Waals surface area contributed by atoms with E-state index in [1.807, 2.05) is 29.8 Å². The average molecular weight is 273 g/mol. The number of nitrogens with zero attached hydrogens (tertiary/aromatic N) is 2. The van der Waals surface area contributed by atoms with Gasteiger partial charge in [-0.05, 0) is 35.4 Å². The van der Waals surface area contributed by atoms with Crippen LogP contribution in [-0.4, -0.2) is 9.38 Å². The zero-order valence-electron chi connectivity index (χ0n) is 11.7. The molecule has 4 rings (SSSR count). The Labute approximate surface area is 122 Å². The molecule has 0 aliphatic heterocycles. The zero-order chi connectivity index (χ0) is 14.4. The second kappa shape index (κ2) is 4.35. The molecular formula is C18H15N3. The van der Waals surface area contributed by atoms with Crippen LogP contribution in [0.25, 0.3) is 27.7 Å². The zero-order valence-corrected chi connectivity index (χ0v) is 11.7. The SMILES string of the molecule is Cc1cc(N)cn2cc(-c3ccc4ccccc4c3)nc12. The maximum Gasteiger partial charge on any atom is 0.140 e. The van der Waals surface area contributed by atoms with Crippen LogP contribution in [0, 0.1) is 6.92 Å². The summed E-state index contributed by atoms with van der Waals surface area (Å²) >= 11 is 0. The average Bonchev–Trinajstić information content (AvgIpc) is 2.91. The fourth-order valence-electron chi connectivity index (χ4n) is 2.78. The number of pyridine rings is 1. The minimum atomic E-state index is 0.752. The molecule has 0 aliphatic rings. The Hall–Kier alpha value is -2.81. The van der Waals surface area contributed by atoms with Gasteiger partial charge in [-0.25, -0.2) is 4.98 Å². The summed E-state index contributed by atoms with van der Waals surface area (Å²) in [6, 6.07) is 16.7. The number of hydrogen-bond acceptors (Lipinski definition) is 2. The summed E-state index contributed by atoms with van der Waals surface area (Å²) in [6.45, 7) is 2.03. The summed E-state index contributed by atoms with van der Waals surface area (Å²) in [5.74, 6) is 0. The lowest BCUT2D eigenvalue weighted by Crippen LogP contribution is -1.92. The summed E-state index contributed by atoms with van der Waals surface area (Å²) in [5, 5.41) is 2.47. The Bertz CT molecular complexity index is 967. The molecule has 0 aliphatic carbocycles. The first-order chi connectivity index (χ1) is 10.2. The van der Waals surface area contributed by atoms with Crippen LogP contribution in [0.2, 0.25) is 0 Å². The number of aryl methyl sites for hydroxylation is 1. The van der Waals surface area contributed by atoms with Crippen molar-refractivity contribution in [1.29, 1.82) is 0 Å². The van der Waals surface area contributed by atoms with E-state index in [4.69, 9.17) is 10.7 Å². The molecular weight excluding hydrogens is 258 g/mol. The highest BCUT2D eigenvalue weighted by Gasteiger charge is 2.07. The maximum atomic E-state index is 5.90. The van der Waals surface area contributed by atoms with Gasteiger partial charge < -0.3 is 10.1 Å². The van der Waals surface area contributed by atoms with Gasteiger partial charge in [-0.3, -0.25) is 0 Å². The van der Waals surface area contributed by atoms with Gasteiger partial charge in [0.1, 0.15) is 5.65 Å². The number of fused-ring (bicyclic) bond motifs is 2. The molecule has 0 saturated heterocycles. The molecule has 2 aromatic heterocycles. The van der Waals surface area contributed by atoms with Crippen LogP contribution >= 0.6 is 0 Å². The third kappa shape index (κ3) is 1.94. The van der Waals surface area contributed by atoms with E-state index in [2.05, 4.69) is 42.5 Å². The van der Waals surface area contributed by atoms with Crippen molar-refractivity contribution in [2.24, 2.45) is 0 Å². The number of benzene rings is 2. The van der Waals surface area contributed by atoms with Crippen LogP contribution in [0.4, 0.5) is 5.69 Å². The molecule has 0 unspecified atom stereocenters. The highest BCUT2D eigenvalue weighted by Crippen LogP contribution is 2.25. The standard InChI is InChI=1S/C18H15N3/c1-12-8-16(19)10-21-11-17(20-18(12)21)15-7-6-13-4-2-3-5-14(13)9-15/h2-11H,19H2,1H3. The molecule has 0 amide bonds. The summed E-state index contributed by atoms with van der Waals surface area (Å²) in [7, 11) is 0. The van der Waals surface area contributed by atoms with Gasteiger partial charge in [0.15, 0.2) is 0 Å². The number of imidazole rings is 1. The van der Waals surface area contributed by atoms with Gasteiger partial charge in [-0.15, -0.1) is 0 Å². The van der Waals surface area contributed by atoms with Crippen molar-refractivity contribution in [3.63, 3.8) is 0 Å². The molecule has 0 spiro atoms. The molecule has 21 heavy (non-hydrogen) atoms. The normalized spacial score (nSPS) is 11.3. The van der Waals surface area contributed by atoms with Gasteiger partial charge in [-0.2, -0.15) is 0 Å². The Kier molecular flexibility index (Phi) is 2.48.